The van der Waals surface area contributed by atoms with Crippen molar-refractivity contribution >= 4 is 15.9 Å². The molecule has 1 aliphatic carbocycles. The Morgan fingerprint density at radius 1 is 1.21 bits per heavy atom. The van der Waals surface area contributed by atoms with Gasteiger partial charge in [0, 0.05) is 6.54 Å². The van der Waals surface area contributed by atoms with Crippen LogP contribution in [0, 0.1) is 11.7 Å². The third-order valence-corrected chi connectivity index (χ3v) is 8.05. The Bertz CT molecular complexity index is 773. The Kier molecular flexibility index (Phi) is 7.06. The number of carbonyl (C=O) groups excluding carboxylic acids is 1. The van der Waals surface area contributed by atoms with Crippen molar-refractivity contribution in [2.75, 3.05) is 32.7 Å². The van der Waals surface area contributed by atoms with Gasteiger partial charge < -0.3 is 10.2 Å². The summed E-state index contributed by atoms with van der Waals surface area (Å²) in [4.78, 5) is 13.3. The molecule has 1 atom stereocenters. The third-order valence-electron chi connectivity index (χ3n) is 6.11. The Balaban J connectivity index is 1.51. The predicted molar refractivity (Wildman–Crippen MR) is 105 cm³/mol. The molecule has 2 N–H and O–H groups in total. The lowest BCUT2D eigenvalue weighted by Crippen LogP contribution is -3.19. The predicted octanol–water partition coefficient (Wildman–Crippen LogP) is 0.800. The Labute approximate surface area is 167 Å². The molecular weight excluding hydrogens is 381 g/mol. The third kappa shape index (κ3) is 4.90. The number of amides is 1. The normalized spacial score (nSPS) is 21.4. The van der Waals surface area contributed by atoms with E-state index in [1.54, 1.807) is 0 Å². The fourth-order valence-electron chi connectivity index (χ4n) is 4.21. The SMILES string of the molecule is C[C@@H](C(=O)NCC1CCCCC1)[NH+]1CCN(S(=O)(=O)c2ccccc2F)CC1. The fraction of sp³-hybridized carbons (Fsp3) is 0.650. The Morgan fingerprint density at radius 2 is 1.86 bits per heavy atom. The number of quaternary nitrogens is 1. The molecule has 8 heteroatoms. The average molecular weight is 413 g/mol. The highest BCUT2D eigenvalue weighted by atomic mass is 32.2. The van der Waals surface area contributed by atoms with Gasteiger partial charge >= 0.3 is 0 Å². The molecule has 28 heavy (non-hydrogen) atoms. The van der Waals surface area contributed by atoms with Gasteiger partial charge in [-0.05, 0) is 37.8 Å². The molecule has 0 unspecified atom stereocenters. The molecule has 0 spiro atoms. The second kappa shape index (κ2) is 9.33. The Morgan fingerprint density at radius 3 is 2.50 bits per heavy atom. The van der Waals surface area contributed by atoms with E-state index in [1.165, 1.54) is 54.6 Å². The van der Waals surface area contributed by atoms with Gasteiger partial charge in [0.2, 0.25) is 10.0 Å². The maximum Gasteiger partial charge on any atom is 0.278 e. The fourth-order valence-corrected chi connectivity index (χ4v) is 5.72. The molecule has 1 amide bonds. The largest absolute Gasteiger partial charge is 0.351 e. The highest BCUT2D eigenvalue weighted by molar-refractivity contribution is 7.89. The average Bonchev–Trinajstić information content (AvgIpc) is 2.72. The molecule has 156 valence electrons. The van der Waals surface area contributed by atoms with Crippen molar-refractivity contribution in [1.82, 2.24) is 9.62 Å². The zero-order chi connectivity index (χ0) is 20.1. The number of hydrogen-bond acceptors (Lipinski definition) is 3. The van der Waals surface area contributed by atoms with Crippen LogP contribution >= 0.6 is 0 Å². The van der Waals surface area contributed by atoms with Gasteiger partial charge in [-0.2, -0.15) is 4.31 Å². The van der Waals surface area contributed by atoms with Gasteiger partial charge in [0.1, 0.15) is 10.7 Å². The number of benzene rings is 1. The van der Waals surface area contributed by atoms with Crippen LogP contribution in [-0.4, -0.2) is 57.4 Å². The van der Waals surface area contributed by atoms with Crippen LogP contribution in [0.3, 0.4) is 0 Å². The van der Waals surface area contributed by atoms with Crippen LogP contribution in [-0.2, 0) is 14.8 Å². The van der Waals surface area contributed by atoms with E-state index >= 15 is 0 Å². The first-order valence-corrected chi connectivity index (χ1v) is 11.7. The van der Waals surface area contributed by atoms with Gasteiger partial charge in [0.05, 0.1) is 26.2 Å². The quantitative estimate of drug-likeness (QED) is 0.726. The number of hydrogen-bond donors (Lipinski definition) is 2. The molecule has 0 bridgehead atoms. The van der Waals surface area contributed by atoms with E-state index in [4.69, 9.17) is 0 Å². The van der Waals surface area contributed by atoms with Crippen LogP contribution in [0.4, 0.5) is 4.39 Å². The molecule has 2 fully saturated rings. The highest BCUT2D eigenvalue weighted by Gasteiger charge is 2.35. The summed E-state index contributed by atoms with van der Waals surface area (Å²) in [5.41, 5.74) is 0. The molecule has 6 nitrogen and oxygen atoms in total. The van der Waals surface area contributed by atoms with Crippen LogP contribution in [0.5, 0.6) is 0 Å². The van der Waals surface area contributed by atoms with Gasteiger partial charge in [0.15, 0.2) is 6.04 Å². The van der Waals surface area contributed by atoms with Gasteiger partial charge in [-0.1, -0.05) is 31.4 Å². The van der Waals surface area contributed by atoms with Crippen molar-refractivity contribution in [3.05, 3.63) is 30.1 Å². The molecule has 0 aromatic heterocycles. The van der Waals surface area contributed by atoms with E-state index in [-0.39, 0.29) is 29.9 Å². The lowest BCUT2D eigenvalue weighted by molar-refractivity contribution is -0.917. The van der Waals surface area contributed by atoms with Crippen LogP contribution in [0.2, 0.25) is 0 Å². The zero-order valence-electron chi connectivity index (χ0n) is 16.5. The monoisotopic (exact) mass is 412 g/mol. The number of rotatable bonds is 6. The van der Waals surface area contributed by atoms with Crippen molar-refractivity contribution in [2.45, 2.75) is 50.0 Å². The molecule has 1 aromatic carbocycles. The molecule has 1 saturated carbocycles. The molecular formula is C20H31FN3O3S+. The number of carbonyl (C=O) groups is 1. The number of sulfonamides is 1. The van der Waals surface area contributed by atoms with Crippen LogP contribution in [0.25, 0.3) is 0 Å². The summed E-state index contributed by atoms with van der Waals surface area (Å²) in [5.74, 6) is -0.110. The van der Waals surface area contributed by atoms with Crippen molar-refractivity contribution in [1.29, 1.82) is 0 Å². The van der Waals surface area contributed by atoms with Crippen molar-refractivity contribution in [3.8, 4) is 0 Å². The molecule has 1 aliphatic heterocycles. The standard InChI is InChI=1S/C20H30FN3O3S/c1-16(20(25)22-15-17-7-3-2-4-8-17)23-11-13-24(14-12-23)28(26,27)19-10-6-5-9-18(19)21/h5-6,9-10,16-17H,2-4,7-8,11-15H2,1H3,(H,22,25)/p+1/t16-/m0/s1. The van der Waals surface area contributed by atoms with E-state index in [0.29, 0.717) is 19.0 Å². The highest BCUT2D eigenvalue weighted by Crippen LogP contribution is 2.22. The van der Waals surface area contributed by atoms with Crippen LogP contribution < -0.4 is 10.2 Å². The van der Waals surface area contributed by atoms with Crippen LogP contribution in [0.15, 0.2) is 29.2 Å². The molecule has 0 radical (unpaired) electrons. The van der Waals surface area contributed by atoms with E-state index in [2.05, 4.69) is 5.32 Å². The summed E-state index contributed by atoms with van der Waals surface area (Å²) in [7, 11) is -3.84. The van der Waals surface area contributed by atoms with Crippen LogP contribution in [0.1, 0.15) is 39.0 Å². The maximum absolute atomic E-state index is 13.9. The lowest BCUT2D eigenvalue weighted by Gasteiger charge is -2.34. The number of halogens is 1. The minimum absolute atomic E-state index is 0.0333. The van der Waals surface area contributed by atoms with Crippen molar-refractivity contribution < 1.29 is 22.5 Å². The van der Waals surface area contributed by atoms with E-state index in [1.807, 2.05) is 6.92 Å². The second-order valence-corrected chi connectivity index (χ2v) is 9.87. The Hall–Kier alpha value is -1.51. The zero-order valence-corrected chi connectivity index (χ0v) is 17.3. The van der Waals surface area contributed by atoms with Crippen molar-refractivity contribution in [3.63, 3.8) is 0 Å². The van der Waals surface area contributed by atoms with Gasteiger partial charge in [-0.25, -0.2) is 12.8 Å². The van der Waals surface area contributed by atoms with Crippen molar-refractivity contribution in [2.24, 2.45) is 5.92 Å². The molecule has 1 saturated heterocycles. The molecule has 1 aromatic rings. The number of nitrogens with one attached hydrogen (secondary N) is 2. The van der Waals surface area contributed by atoms with E-state index < -0.39 is 15.8 Å². The molecule has 3 rings (SSSR count). The topological polar surface area (TPSA) is 70.9 Å². The van der Waals surface area contributed by atoms with E-state index in [0.717, 1.165) is 17.5 Å². The summed E-state index contributed by atoms with van der Waals surface area (Å²) < 4.78 is 40.6. The summed E-state index contributed by atoms with van der Waals surface area (Å²) in [6.07, 6.45) is 6.17. The molecule has 1 heterocycles. The second-order valence-electron chi connectivity index (χ2n) is 7.96. The van der Waals surface area contributed by atoms with Gasteiger partial charge in [0.25, 0.3) is 5.91 Å². The van der Waals surface area contributed by atoms with Gasteiger partial charge in [-0.3, -0.25) is 4.79 Å². The molecule has 2 aliphatic rings. The number of piperazine rings is 1. The van der Waals surface area contributed by atoms with Gasteiger partial charge in [-0.15, -0.1) is 0 Å². The first kappa shape index (κ1) is 21.2. The smallest absolute Gasteiger partial charge is 0.278 e. The summed E-state index contributed by atoms with van der Waals surface area (Å²) in [6, 6.07) is 5.24. The number of nitrogens with zero attached hydrogens (tertiary/aromatic N) is 1. The maximum atomic E-state index is 13.9. The summed E-state index contributed by atoms with van der Waals surface area (Å²) in [5, 5.41) is 3.08. The summed E-state index contributed by atoms with van der Waals surface area (Å²) in [6.45, 7) is 4.27. The first-order valence-electron chi connectivity index (χ1n) is 10.3. The first-order chi connectivity index (χ1) is 13.4. The minimum Gasteiger partial charge on any atom is -0.351 e. The lowest BCUT2D eigenvalue weighted by atomic mass is 9.89. The van der Waals surface area contributed by atoms with E-state index in [9.17, 15) is 17.6 Å². The minimum atomic E-state index is -3.84. The summed E-state index contributed by atoms with van der Waals surface area (Å²) >= 11 is 0.